The number of hydrogen-bond acceptors (Lipinski definition) is 6. The van der Waals surface area contributed by atoms with E-state index in [0.717, 1.165) is 16.0 Å². The Morgan fingerprint density at radius 1 is 1.17 bits per heavy atom. The number of hydrogen-bond donors (Lipinski definition) is 2. The predicted octanol–water partition coefficient (Wildman–Crippen LogP) is 5.32. The number of amides is 1. The van der Waals surface area contributed by atoms with E-state index in [1.807, 2.05) is 73.0 Å². The number of aromatic amines is 1. The summed E-state index contributed by atoms with van der Waals surface area (Å²) in [6.07, 6.45) is 0. The second kappa shape index (κ2) is 9.15. The largest absolute Gasteiger partial charge is 0.495 e. The topological polar surface area (TPSA) is 79.9 Å². The van der Waals surface area contributed by atoms with Crippen LogP contribution >= 0.6 is 23.1 Å². The van der Waals surface area contributed by atoms with Crippen LogP contribution in [0.3, 0.4) is 0 Å². The van der Waals surface area contributed by atoms with Crippen molar-refractivity contribution in [2.75, 3.05) is 12.4 Å². The molecule has 0 aliphatic rings. The Morgan fingerprint density at radius 2 is 2.00 bits per heavy atom. The number of anilines is 1. The van der Waals surface area contributed by atoms with Crippen molar-refractivity contribution in [1.29, 1.82) is 0 Å². The van der Waals surface area contributed by atoms with Crippen LogP contribution < -0.4 is 10.1 Å². The lowest BCUT2D eigenvalue weighted by Crippen LogP contribution is -2.19. The van der Waals surface area contributed by atoms with Crippen molar-refractivity contribution in [3.05, 3.63) is 77.2 Å². The van der Waals surface area contributed by atoms with E-state index in [1.54, 1.807) is 18.4 Å². The first-order valence-electron chi connectivity index (χ1n) is 9.27. The number of H-pyrrole nitrogens is 1. The van der Waals surface area contributed by atoms with Crippen molar-refractivity contribution in [3.8, 4) is 16.5 Å². The zero-order chi connectivity index (χ0) is 20.9. The van der Waals surface area contributed by atoms with Crippen molar-refractivity contribution in [3.63, 3.8) is 0 Å². The summed E-state index contributed by atoms with van der Waals surface area (Å²) in [6.45, 7) is 1.97. The number of rotatable bonds is 7. The SMILES string of the molecule is COc1ccc(C)cc1NC(=O)C(Sc1n[nH]c(-c2cccs2)n1)c1ccccc1. The number of thioether (sulfide) groups is 1. The predicted molar refractivity (Wildman–Crippen MR) is 121 cm³/mol. The third-order valence-electron chi connectivity index (χ3n) is 4.40. The van der Waals surface area contributed by atoms with Gasteiger partial charge in [0.25, 0.3) is 0 Å². The third kappa shape index (κ3) is 4.55. The van der Waals surface area contributed by atoms with Crippen LogP contribution in [0.2, 0.25) is 0 Å². The minimum atomic E-state index is -0.525. The fourth-order valence-corrected chi connectivity index (χ4v) is 4.52. The molecule has 0 saturated heterocycles. The molecule has 0 saturated carbocycles. The molecule has 4 aromatic rings. The van der Waals surface area contributed by atoms with E-state index in [0.29, 0.717) is 22.4 Å². The van der Waals surface area contributed by atoms with Gasteiger partial charge in [-0.25, -0.2) is 4.98 Å². The van der Waals surface area contributed by atoms with E-state index in [-0.39, 0.29) is 5.91 Å². The molecular formula is C22H20N4O2S2. The van der Waals surface area contributed by atoms with Crippen molar-refractivity contribution in [2.45, 2.75) is 17.3 Å². The number of carbonyl (C=O) groups is 1. The molecule has 1 amide bonds. The summed E-state index contributed by atoms with van der Waals surface area (Å²) in [7, 11) is 1.59. The van der Waals surface area contributed by atoms with E-state index in [4.69, 9.17) is 4.74 Å². The molecule has 0 aliphatic carbocycles. The molecule has 0 aliphatic heterocycles. The zero-order valence-electron chi connectivity index (χ0n) is 16.5. The Balaban J connectivity index is 1.61. The maximum absolute atomic E-state index is 13.3. The molecule has 1 unspecified atom stereocenters. The van der Waals surface area contributed by atoms with Gasteiger partial charge in [-0.2, -0.15) is 0 Å². The summed E-state index contributed by atoms with van der Waals surface area (Å²) in [4.78, 5) is 18.8. The molecule has 2 aromatic heterocycles. The molecule has 8 heteroatoms. The highest BCUT2D eigenvalue weighted by atomic mass is 32.2. The standard InChI is InChI=1S/C22H20N4O2S2/c1-14-10-11-17(28-2)16(13-14)23-21(27)19(15-7-4-3-5-8-15)30-22-24-20(25-26-22)18-9-6-12-29-18/h3-13,19H,1-2H3,(H,23,27)(H,24,25,26). The smallest absolute Gasteiger partial charge is 0.242 e. The van der Waals surface area contributed by atoms with Crippen LogP contribution in [-0.4, -0.2) is 28.2 Å². The van der Waals surface area contributed by atoms with Crippen LogP contribution in [0.4, 0.5) is 5.69 Å². The van der Waals surface area contributed by atoms with Crippen molar-refractivity contribution >= 4 is 34.7 Å². The number of ether oxygens (including phenoxy) is 1. The summed E-state index contributed by atoms with van der Waals surface area (Å²) >= 11 is 2.89. The summed E-state index contributed by atoms with van der Waals surface area (Å²) in [5.41, 5.74) is 2.54. The van der Waals surface area contributed by atoms with E-state index >= 15 is 0 Å². The average molecular weight is 437 g/mol. The third-order valence-corrected chi connectivity index (χ3v) is 6.39. The number of nitrogens with one attached hydrogen (secondary N) is 2. The lowest BCUT2D eigenvalue weighted by atomic mass is 10.1. The number of thiophene rings is 1. The molecule has 2 N–H and O–H groups in total. The number of aromatic nitrogens is 3. The normalized spacial score (nSPS) is 11.8. The monoisotopic (exact) mass is 436 g/mol. The molecule has 4 rings (SSSR count). The van der Waals surface area contributed by atoms with Gasteiger partial charge in [0.1, 0.15) is 11.0 Å². The van der Waals surface area contributed by atoms with Gasteiger partial charge in [-0.15, -0.1) is 16.4 Å². The van der Waals surface area contributed by atoms with Crippen LogP contribution in [0.5, 0.6) is 5.75 Å². The van der Waals surface area contributed by atoms with Crippen LogP contribution in [-0.2, 0) is 4.79 Å². The number of carbonyl (C=O) groups excluding carboxylic acids is 1. The number of methoxy groups -OCH3 is 1. The molecule has 1 atom stereocenters. The fraction of sp³-hybridized carbons (Fsp3) is 0.136. The zero-order valence-corrected chi connectivity index (χ0v) is 18.1. The molecule has 0 spiro atoms. The average Bonchev–Trinajstić information content (AvgIpc) is 3.45. The molecule has 0 radical (unpaired) electrons. The number of aryl methyl sites for hydroxylation is 1. The molecule has 2 aromatic carbocycles. The first kappa shape index (κ1) is 20.2. The first-order chi connectivity index (χ1) is 14.6. The summed E-state index contributed by atoms with van der Waals surface area (Å²) in [5, 5.41) is 12.2. The van der Waals surface area contributed by atoms with E-state index < -0.39 is 5.25 Å². The summed E-state index contributed by atoms with van der Waals surface area (Å²) in [5.74, 6) is 1.14. The molecule has 0 bridgehead atoms. The lowest BCUT2D eigenvalue weighted by Gasteiger charge is -2.17. The van der Waals surface area contributed by atoms with Crippen molar-refractivity contribution in [1.82, 2.24) is 15.2 Å². The summed E-state index contributed by atoms with van der Waals surface area (Å²) in [6, 6.07) is 19.2. The second-order valence-electron chi connectivity index (χ2n) is 6.55. The molecular weight excluding hydrogens is 416 g/mol. The Morgan fingerprint density at radius 3 is 2.73 bits per heavy atom. The van der Waals surface area contributed by atoms with Crippen LogP contribution in [0.25, 0.3) is 10.7 Å². The van der Waals surface area contributed by atoms with Gasteiger partial charge in [0, 0.05) is 0 Å². The van der Waals surface area contributed by atoms with Crippen molar-refractivity contribution < 1.29 is 9.53 Å². The molecule has 30 heavy (non-hydrogen) atoms. The maximum atomic E-state index is 13.3. The molecule has 6 nitrogen and oxygen atoms in total. The van der Waals surface area contributed by atoms with Crippen LogP contribution in [0.1, 0.15) is 16.4 Å². The van der Waals surface area contributed by atoms with Gasteiger partial charge in [-0.3, -0.25) is 9.89 Å². The molecule has 2 heterocycles. The summed E-state index contributed by atoms with van der Waals surface area (Å²) < 4.78 is 5.40. The minimum absolute atomic E-state index is 0.169. The van der Waals surface area contributed by atoms with Gasteiger partial charge in [-0.05, 0) is 41.6 Å². The Labute approximate surface area is 182 Å². The Bertz CT molecular complexity index is 1130. The van der Waals surface area contributed by atoms with Gasteiger partial charge in [0.05, 0.1) is 17.7 Å². The Hall–Kier alpha value is -3.10. The highest BCUT2D eigenvalue weighted by molar-refractivity contribution is 8.00. The quantitative estimate of drug-likeness (QED) is 0.383. The van der Waals surface area contributed by atoms with Gasteiger partial charge >= 0.3 is 0 Å². The maximum Gasteiger partial charge on any atom is 0.242 e. The molecule has 0 fully saturated rings. The Kier molecular flexibility index (Phi) is 6.15. The second-order valence-corrected chi connectivity index (χ2v) is 8.57. The minimum Gasteiger partial charge on any atom is -0.495 e. The number of nitrogens with zero attached hydrogens (tertiary/aromatic N) is 2. The molecule has 152 valence electrons. The number of benzene rings is 2. The van der Waals surface area contributed by atoms with Crippen molar-refractivity contribution in [2.24, 2.45) is 0 Å². The van der Waals surface area contributed by atoms with Gasteiger partial charge in [-0.1, -0.05) is 54.2 Å². The van der Waals surface area contributed by atoms with Gasteiger partial charge in [0.15, 0.2) is 5.82 Å². The highest BCUT2D eigenvalue weighted by Crippen LogP contribution is 2.36. The van der Waals surface area contributed by atoms with Gasteiger partial charge < -0.3 is 10.1 Å². The lowest BCUT2D eigenvalue weighted by molar-refractivity contribution is -0.115. The van der Waals surface area contributed by atoms with Crippen LogP contribution in [0, 0.1) is 6.92 Å². The first-order valence-corrected chi connectivity index (χ1v) is 11.0. The van der Waals surface area contributed by atoms with E-state index in [2.05, 4.69) is 20.5 Å². The van der Waals surface area contributed by atoms with Gasteiger partial charge in [0.2, 0.25) is 11.1 Å². The fourth-order valence-electron chi connectivity index (χ4n) is 2.95. The van der Waals surface area contributed by atoms with E-state index in [9.17, 15) is 4.79 Å². The highest BCUT2D eigenvalue weighted by Gasteiger charge is 2.25. The van der Waals surface area contributed by atoms with E-state index in [1.165, 1.54) is 11.8 Å². The van der Waals surface area contributed by atoms with Crippen LogP contribution in [0.15, 0.2) is 71.2 Å².